The van der Waals surface area contributed by atoms with E-state index in [9.17, 15) is 14.7 Å². The van der Waals surface area contributed by atoms with Gasteiger partial charge in [0.25, 0.3) is 11.5 Å². The summed E-state index contributed by atoms with van der Waals surface area (Å²) in [6.07, 6.45) is 0.785. The minimum atomic E-state index is -0.821. The van der Waals surface area contributed by atoms with Crippen molar-refractivity contribution in [3.63, 3.8) is 0 Å². The van der Waals surface area contributed by atoms with Crippen LogP contribution in [-0.2, 0) is 6.54 Å². The molecule has 2 N–H and O–H groups in total. The molecule has 0 saturated carbocycles. The van der Waals surface area contributed by atoms with Gasteiger partial charge in [0.2, 0.25) is 0 Å². The fraction of sp³-hybridized carbons (Fsp3) is 0.250. The average molecular weight is 286 g/mol. The number of carbonyl (C=O) groups excluding carboxylic acids is 1. The zero-order chi connectivity index (χ0) is 15.2. The summed E-state index contributed by atoms with van der Waals surface area (Å²) < 4.78 is 1.41. The first-order valence-corrected chi connectivity index (χ1v) is 6.75. The molecule has 0 fully saturated rings. The summed E-state index contributed by atoms with van der Waals surface area (Å²) in [6.45, 7) is 2.09. The third kappa shape index (κ3) is 4.03. The fourth-order valence-electron chi connectivity index (χ4n) is 2.04. The van der Waals surface area contributed by atoms with Crippen LogP contribution in [0.5, 0.6) is 0 Å². The van der Waals surface area contributed by atoms with Crippen LogP contribution in [-0.4, -0.2) is 28.2 Å². The first-order valence-electron chi connectivity index (χ1n) is 6.75. The normalized spacial score (nSPS) is 11.9. The van der Waals surface area contributed by atoms with E-state index in [1.165, 1.54) is 10.6 Å². The molecule has 1 atom stereocenters. The number of nitrogens with one attached hydrogen (secondary N) is 1. The standard InChI is InChI=1S/C16H18N2O3/c1-12-6-2-3-7-14(12)16(21)17-10-13(19)11-18-9-5-4-8-15(18)20/h2-9,13,19H,10-11H2,1H3,(H,17,21)/t13-/m1/s1. The molecular weight excluding hydrogens is 268 g/mol. The Bertz CT molecular complexity index is 679. The van der Waals surface area contributed by atoms with E-state index >= 15 is 0 Å². The highest BCUT2D eigenvalue weighted by atomic mass is 16.3. The van der Waals surface area contributed by atoms with Crippen molar-refractivity contribution in [3.05, 3.63) is 70.1 Å². The zero-order valence-corrected chi connectivity index (χ0v) is 11.8. The number of aryl methyl sites for hydroxylation is 1. The Labute approximate surface area is 122 Å². The first-order chi connectivity index (χ1) is 10.1. The topological polar surface area (TPSA) is 71.3 Å². The predicted octanol–water partition coefficient (Wildman–Crippen LogP) is 0.948. The van der Waals surface area contributed by atoms with Crippen molar-refractivity contribution < 1.29 is 9.90 Å². The van der Waals surface area contributed by atoms with E-state index in [0.29, 0.717) is 5.56 Å². The SMILES string of the molecule is Cc1ccccc1C(=O)NC[C@@H](O)Cn1ccccc1=O. The molecule has 1 aromatic carbocycles. The Morgan fingerprint density at radius 3 is 2.67 bits per heavy atom. The van der Waals surface area contributed by atoms with Gasteiger partial charge in [-0.2, -0.15) is 0 Å². The summed E-state index contributed by atoms with van der Waals surface area (Å²) in [7, 11) is 0. The van der Waals surface area contributed by atoms with Gasteiger partial charge >= 0.3 is 0 Å². The lowest BCUT2D eigenvalue weighted by Gasteiger charge is -2.14. The van der Waals surface area contributed by atoms with E-state index in [4.69, 9.17) is 0 Å². The number of amides is 1. The van der Waals surface area contributed by atoms with Crippen LogP contribution in [0.15, 0.2) is 53.5 Å². The van der Waals surface area contributed by atoms with E-state index < -0.39 is 6.10 Å². The van der Waals surface area contributed by atoms with Crippen molar-refractivity contribution in [2.24, 2.45) is 0 Å². The van der Waals surface area contributed by atoms with Gasteiger partial charge in [-0.05, 0) is 24.6 Å². The van der Waals surface area contributed by atoms with Gasteiger partial charge in [0.15, 0.2) is 0 Å². The molecule has 1 aromatic heterocycles. The quantitative estimate of drug-likeness (QED) is 0.859. The molecule has 0 unspecified atom stereocenters. The van der Waals surface area contributed by atoms with E-state index in [1.54, 1.807) is 30.5 Å². The largest absolute Gasteiger partial charge is 0.389 e. The third-order valence-corrected chi connectivity index (χ3v) is 3.19. The van der Waals surface area contributed by atoms with Crippen molar-refractivity contribution >= 4 is 5.91 Å². The molecule has 21 heavy (non-hydrogen) atoms. The molecule has 5 heteroatoms. The summed E-state index contributed by atoms with van der Waals surface area (Å²) in [5.41, 5.74) is 1.28. The average Bonchev–Trinajstić information content (AvgIpc) is 2.48. The van der Waals surface area contributed by atoms with Gasteiger partial charge in [-0.15, -0.1) is 0 Å². The second-order valence-electron chi connectivity index (χ2n) is 4.87. The molecule has 0 aliphatic carbocycles. The molecule has 1 amide bonds. The van der Waals surface area contributed by atoms with Crippen LogP contribution in [0.2, 0.25) is 0 Å². The number of rotatable bonds is 5. The number of nitrogens with zero attached hydrogens (tertiary/aromatic N) is 1. The highest BCUT2D eigenvalue weighted by Gasteiger charge is 2.11. The summed E-state index contributed by atoms with van der Waals surface area (Å²) in [5.74, 6) is -0.229. The fourth-order valence-corrected chi connectivity index (χ4v) is 2.04. The van der Waals surface area contributed by atoms with Gasteiger partial charge in [-0.3, -0.25) is 9.59 Å². The van der Waals surface area contributed by atoms with Gasteiger partial charge in [0.1, 0.15) is 0 Å². The Balaban J connectivity index is 1.91. The molecule has 0 bridgehead atoms. The maximum Gasteiger partial charge on any atom is 0.251 e. The number of carbonyl (C=O) groups is 1. The van der Waals surface area contributed by atoms with Crippen molar-refractivity contribution in [3.8, 4) is 0 Å². The number of benzene rings is 1. The van der Waals surface area contributed by atoms with E-state index in [2.05, 4.69) is 5.32 Å². The van der Waals surface area contributed by atoms with E-state index in [1.807, 2.05) is 19.1 Å². The van der Waals surface area contributed by atoms with Crippen molar-refractivity contribution in [2.45, 2.75) is 19.6 Å². The molecule has 0 saturated heterocycles. The smallest absolute Gasteiger partial charge is 0.251 e. The van der Waals surface area contributed by atoms with E-state index in [-0.39, 0.29) is 24.6 Å². The number of pyridine rings is 1. The lowest BCUT2D eigenvalue weighted by molar-refractivity contribution is 0.0902. The molecular formula is C16H18N2O3. The van der Waals surface area contributed by atoms with Crippen molar-refractivity contribution in [2.75, 3.05) is 6.54 Å². The van der Waals surface area contributed by atoms with Crippen LogP contribution >= 0.6 is 0 Å². The molecule has 2 rings (SSSR count). The first kappa shape index (κ1) is 15.0. The van der Waals surface area contributed by atoms with Gasteiger partial charge < -0.3 is 15.0 Å². The molecule has 0 aliphatic rings. The van der Waals surface area contributed by atoms with Gasteiger partial charge in [-0.25, -0.2) is 0 Å². The maximum atomic E-state index is 12.0. The number of aliphatic hydroxyl groups is 1. The monoisotopic (exact) mass is 286 g/mol. The predicted molar refractivity (Wildman–Crippen MR) is 80.2 cm³/mol. The lowest BCUT2D eigenvalue weighted by Crippen LogP contribution is -2.36. The Kier molecular flexibility index (Phi) is 4.90. The molecule has 1 heterocycles. The van der Waals surface area contributed by atoms with Gasteiger partial charge in [0, 0.05) is 24.4 Å². The maximum absolute atomic E-state index is 12.0. The van der Waals surface area contributed by atoms with Crippen LogP contribution < -0.4 is 10.9 Å². The number of aliphatic hydroxyl groups excluding tert-OH is 1. The van der Waals surface area contributed by atoms with Crippen molar-refractivity contribution in [1.29, 1.82) is 0 Å². The highest BCUT2D eigenvalue weighted by Crippen LogP contribution is 2.06. The molecule has 0 radical (unpaired) electrons. The molecule has 0 aliphatic heterocycles. The Morgan fingerprint density at radius 2 is 1.95 bits per heavy atom. The molecule has 0 spiro atoms. The molecule has 2 aromatic rings. The molecule has 5 nitrogen and oxygen atoms in total. The Hall–Kier alpha value is -2.40. The number of aromatic nitrogens is 1. The van der Waals surface area contributed by atoms with Crippen LogP contribution in [0.3, 0.4) is 0 Å². The second-order valence-corrected chi connectivity index (χ2v) is 4.87. The third-order valence-electron chi connectivity index (χ3n) is 3.19. The second kappa shape index (κ2) is 6.85. The lowest BCUT2D eigenvalue weighted by atomic mass is 10.1. The minimum absolute atomic E-state index is 0.0918. The number of hydrogen-bond donors (Lipinski definition) is 2. The van der Waals surface area contributed by atoms with Crippen molar-refractivity contribution in [1.82, 2.24) is 9.88 Å². The van der Waals surface area contributed by atoms with Crippen LogP contribution in [0.25, 0.3) is 0 Å². The summed E-state index contributed by atoms with van der Waals surface area (Å²) in [6, 6.07) is 12.0. The van der Waals surface area contributed by atoms with Crippen LogP contribution in [0.1, 0.15) is 15.9 Å². The summed E-state index contributed by atoms with van der Waals surface area (Å²) >= 11 is 0. The Morgan fingerprint density at radius 1 is 1.24 bits per heavy atom. The van der Waals surface area contributed by atoms with Gasteiger partial charge in [-0.1, -0.05) is 24.3 Å². The van der Waals surface area contributed by atoms with Gasteiger partial charge in [0.05, 0.1) is 12.6 Å². The van der Waals surface area contributed by atoms with E-state index in [0.717, 1.165) is 5.56 Å². The minimum Gasteiger partial charge on any atom is -0.389 e. The van der Waals surface area contributed by atoms with Crippen LogP contribution in [0.4, 0.5) is 0 Å². The highest BCUT2D eigenvalue weighted by molar-refractivity contribution is 5.95. The summed E-state index contributed by atoms with van der Waals surface area (Å²) in [5, 5.41) is 12.6. The molecule has 110 valence electrons. The summed E-state index contributed by atoms with van der Waals surface area (Å²) in [4.78, 5) is 23.5. The van der Waals surface area contributed by atoms with Crippen LogP contribution in [0, 0.1) is 6.92 Å². The number of hydrogen-bond acceptors (Lipinski definition) is 3. The zero-order valence-electron chi connectivity index (χ0n) is 11.8.